The lowest BCUT2D eigenvalue weighted by molar-refractivity contribution is 0.274. The highest BCUT2D eigenvalue weighted by Crippen LogP contribution is 2.52. The van der Waals surface area contributed by atoms with Crippen molar-refractivity contribution in [2.45, 2.75) is 10.7 Å². The van der Waals surface area contributed by atoms with E-state index in [0.29, 0.717) is 16.7 Å². The Morgan fingerprint density at radius 3 is 2.43 bits per heavy atom. The third kappa shape index (κ3) is 1.66. The number of hydrogen-bond donors (Lipinski definition) is 1. The zero-order chi connectivity index (χ0) is 10.1. The van der Waals surface area contributed by atoms with Crippen molar-refractivity contribution < 1.29 is 9.84 Å². The van der Waals surface area contributed by atoms with Crippen molar-refractivity contribution in [3.63, 3.8) is 0 Å². The van der Waals surface area contributed by atoms with Crippen LogP contribution in [0.1, 0.15) is 11.5 Å². The van der Waals surface area contributed by atoms with Crippen LogP contribution in [0, 0.1) is 5.92 Å². The number of benzene rings is 1. The Kier molecular flexibility index (Phi) is 2.79. The topological polar surface area (TPSA) is 29.5 Å². The number of halogens is 1. The summed E-state index contributed by atoms with van der Waals surface area (Å²) in [5.74, 6) is 1.72. The van der Waals surface area contributed by atoms with Crippen LogP contribution in [-0.4, -0.2) is 23.7 Å². The smallest absolute Gasteiger partial charge is 0.118 e. The van der Waals surface area contributed by atoms with Crippen molar-refractivity contribution in [3.8, 4) is 5.75 Å². The Morgan fingerprint density at radius 2 is 2.00 bits per heavy atom. The second-order valence-corrected chi connectivity index (χ2v) is 4.65. The predicted octanol–water partition coefficient (Wildman–Crippen LogP) is 2.16. The summed E-state index contributed by atoms with van der Waals surface area (Å²) in [6, 6.07) is 8.05. The Morgan fingerprint density at radius 1 is 1.36 bits per heavy atom. The number of alkyl halides is 1. The quantitative estimate of drug-likeness (QED) is 0.841. The van der Waals surface area contributed by atoms with Gasteiger partial charge in [-0.1, -0.05) is 28.1 Å². The molecule has 1 saturated carbocycles. The molecule has 0 aliphatic heterocycles. The summed E-state index contributed by atoms with van der Waals surface area (Å²) in [6.07, 6.45) is 0. The van der Waals surface area contributed by atoms with E-state index in [1.54, 1.807) is 7.11 Å². The van der Waals surface area contributed by atoms with Gasteiger partial charge in [0.25, 0.3) is 0 Å². The molecule has 0 spiro atoms. The second-order valence-electron chi connectivity index (χ2n) is 3.59. The molecule has 1 aromatic rings. The summed E-state index contributed by atoms with van der Waals surface area (Å²) in [7, 11) is 1.66. The zero-order valence-corrected chi connectivity index (χ0v) is 9.57. The predicted molar refractivity (Wildman–Crippen MR) is 59.0 cm³/mol. The van der Waals surface area contributed by atoms with Gasteiger partial charge in [0.05, 0.1) is 7.11 Å². The maximum absolute atomic E-state index is 9.05. The van der Waals surface area contributed by atoms with Gasteiger partial charge in [-0.3, -0.25) is 0 Å². The lowest BCUT2D eigenvalue weighted by atomic mass is 10.1. The van der Waals surface area contributed by atoms with Crippen molar-refractivity contribution in [3.05, 3.63) is 29.8 Å². The Hall–Kier alpha value is -0.540. The van der Waals surface area contributed by atoms with Crippen LogP contribution in [0.5, 0.6) is 5.75 Å². The number of hydrogen-bond acceptors (Lipinski definition) is 2. The first-order valence-electron chi connectivity index (χ1n) is 4.67. The highest BCUT2D eigenvalue weighted by molar-refractivity contribution is 9.09. The number of rotatable bonds is 3. The third-order valence-electron chi connectivity index (χ3n) is 2.78. The number of ether oxygens (including phenoxy) is 1. The largest absolute Gasteiger partial charge is 0.497 e. The maximum atomic E-state index is 9.05. The van der Waals surface area contributed by atoms with E-state index in [1.807, 2.05) is 12.1 Å². The van der Waals surface area contributed by atoms with Gasteiger partial charge in [-0.05, 0) is 17.7 Å². The van der Waals surface area contributed by atoms with E-state index >= 15 is 0 Å². The second kappa shape index (κ2) is 3.91. The van der Waals surface area contributed by atoms with Crippen LogP contribution in [0.2, 0.25) is 0 Å². The zero-order valence-electron chi connectivity index (χ0n) is 7.98. The fourth-order valence-electron chi connectivity index (χ4n) is 1.80. The van der Waals surface area contributed by atoms with Crippen LogP contribution >= 0.6 is 15.9 Å². The monoisotopic (exact) mass is 256 g/mol. The standard InChI is InChI=1S/C11H13BrO2/c1-14-8-4-2-7(3-5-8)10-9(6-13)11(10)12/h2-5,9-11,13H,6H2,1H3/t9-,10-,11+/m1/s1. The van der Waals surface area contributed by atoms with Gasteiger partial charge in [-0.25, -0.2) is 0 Å². The van der Waals surface area contributed by atoms with Crippen molar-refractivity contribution >= 4 is 15.9 Å². The van der Waals surface area contributed by atoms with Crippen LogP contribution in [0.15, 0.2) is 24.3 Å². The summed E-state index contributed by atoms with van der Waals surface area (Å²) in [5, 5.41) is 9.05. The molecule has 14 heavy (non-hydrogen) atoms. The molecule has 0 aromatic heterocycles. The van der Waals surface area contributed by atoms with Crippen LogP contribution in [0.25, 0.3) is 0 Å². The molecular weight excluding hydrogens is 244 g/mol. The van der Waals surface area contributed by atoms with Gasteiger partial charge in [0.2, 0.25) is 0 Å². The highest BCUT2D eigenvalue weighted by atomic mass is 79.9. The van der Waals surface area contributed by atoms with Crippen LogP contribution in [0.3, 0.4) is 0 Å². The van der Waals surface area contributed by atoms with Gasteiger partial charge in [-0.15, -0.1) is 0 Å². The summed E-state index contributed by atoms with van der Waals surface area (Å²) in [6.45, 7) is 0.257. The average molecular weight is 257 g/mol. The molecule has 0 saturated heterocycles. The average Bonchev–Trinajstić information content (AvgIpc) is 2.89. The van der Waals surface area contributed by atoms with Gasteiger partial charge in [0.15, 0.2) is 0 Å². The Bertz CT molecular complexity index is 310. The molecule has 1 aliphatic rings. The fraction of sp³-hybridized carbons (Fsp3) is 0.455. The maximum Gasteiger partial charge on any atom is 0.118 e. The summed E-state index contributed by atoms with van der Waals surface area (Å²) in [5.41, 5.74) is 1.27. The van der Waals surface area contributed by atoms with E-state index in [1.165, 1.54) is 5.56 Å². The molecule has 1 fully saturated rings. The minimum Gasteiger partial charge on any atom is -0.497 e. The van der Waals surface area contributed by atoms with E-state index in [9.17, 15) is 0 Å². The van der Waals surface area contributed by atoms with Crippen molar-refractivity contribution in [2.75, 3.05) is 13.7 Å². The lowest BCUT2D eigenvalue weighted by Crippen LogP contribution is -1.89. The first kappa shape index (κ1) is 9.99. The molecule has 0 heterocycles. The Balaban J connectivity index is 2.11. The summed E-state index contributed by atoms with van der Waals surface area (Å²) >= 11 is 3.56. The number of aliphatic hydroxyl groups excluding tert-OH is 1. The minimum atomic E-state index is 0.257. The molecule has 2 nitrogen and oxygen atoms in total. The number of aliphatic hydroxyl groups is 1. The van der Waals surface area contributed by atoms with E-state index < -0.39 is 0 Å². The molecule has 0 amide bonds. The lowest BCUT2D eigenvalue weighted by Gasteiger charge is -2.01. The molecule has 1 aliphatic carbocycles. The first-order valence-corrected chi connectivity index (χ1v) is 5.58. The van der Waals surface area contributed by atoms with Crippen LogP contribution in [-0.2, 0) is 0 Å². The van der Waals surface area contributed by atoms with E-state index in [2.05, 4.69) is 28.1 Å². The van der Waals surface area contributed by atoms with Gasteiger partial charge in [0, 0.05) is 23.3 Å². The first-order chi connectivity index (χ1) is 6.77. The molecule has 1 aromatic carbocycles. The van der Waals surface area contributed by atoms with E-state index in [4.69, 9.17) is 9.84 Å². The molecule has 0 bridgehead atoms. The van der Waals surface area contributed by atoms with E-state index in [-0.39, 0.29) is 6.61 Å². The summed E-state index contributed by atoms with van der Waals surface area (Å²) in [4.78, 5) is 0.431. The minimum absolute atomic E-state index is 0.257. The fourth-order valence-corrected chi connectivity index (χ4v) is 2.82. The van der Waals surface area contributed by atoms with Gasteiger partial charge in [-0.2, -0.15) is 0 Å². The number of methoxy groups -OCH3 is 1. The molecule has 1 N–H and O–H groups in total. The van der Waals surface area contributed by atoms with Crippen molar-refractivity contribution in [1.29, 1.82) is 0 Å². The van der Waals surface area contributed by atoms with Crippen LogP contribution < -0.4 is 4.74 Å². The van der Waals surface area contributed by atoms with Gasteiger partial charge in [0.1, 0.15) is 5.75 Å². The molecular formula is C11H13BrO2. The molecule has 76 valence electrons. The van der Waals surface area contributed by atoms with E-state index in [0.717, 1.165) is 5.75 Å². The van der Waals surface area contributed by atoms with Crippen molar-refractivity contribution in [2.24, 2.45) is 5.92 Å². The molecule has 3 atom stereocenters. The van der Waals surface area contributed by atoms with Crippen molar-refractivity contribution in [1.82, 2.24) is 0 Å². The highest BCUT2D eigenvalue weighted by Gasteiger charge is 2.48. The molecule has 2 rings (SSSR count). The molecule has 0 radical (unpaired) electrons. The normalized spacial score (nSPS) is 30.1. The third-order valence-corrected chi connectivity index (χ3v) is 4.03. The van der Waals surface area contributed by atoms with Gasteiger partial charge < -0.3 is 9.84 Å². The van der Waals surface area contributed by atoms with Crippen LogP contribution in [0.4, 0.5) is 0 Å². The SMILES string of the molecule is COc1ccc([C@H]2[C@@H](Br)[C@@H]2CO)cc1. The molecule has 3 heteroatoms. The van der Waals surface area contributed by atoms with Gasteiger partial charge >= 0.3 is 0 Å². The molecule has 0 unspecified atom stereocenters. The summed E-state index contributed by atoms with van der Waals surface area (Å²) < 4.78 is 5.09. The Labute approximate surface area is 92.0 Å².